The maximum absolute atomic E-state index is 10.9. The topological polar surface area (TPSA) is 29.1 Å². The zero-order valence-corrected chi connectivity index (χ0v) is 24.1. The van der Waals surface area contributed by atoms with Gasteiger partial charge in [-0.1, -0.05) is 115 Å². The summed E-state index contributed by atoms with van der Waals surface area (Å²) in [6.07, 6.45) is 11.4. The van der Waals surface area contributed by atoms with Crippen LogP contribution in [0, 0.1) is 26.7 Å². The van der Waals surface area contributed by atoms with Gasteiger partial charge in [-0.25, -0.2) is 0 Å². The van der Waals surface area contributed by atoms with Crippen LogP contribution in [0.1, 0.15) is 115 Å². The van der Waals surface area contributed by atoms with Crippen LogP contribution < -0.4 is 5.32 Å². The Balaban J connectivity index is 0.000000575. The number of Topliss-reactive ketones (excluding diaryl/α,β-unsaturated/α-hetero) is 1. The average Bonchev–Trinajstić information content (AvgIpc) is 2.83. The van der Waals surface area contributed by atoms with Crippen molar-refractivity contribution < 1.29 is 4.79 Å². The first-order valence-electron chi connectivity index (χ1n) is 13.8. The van der Waals surface area contributed by atoms with Crippen LogP contribution in [0.2, 0.25) is 0 Å². The molecule has 0 saturated heterocycles. The number of aryl methyl sites for hydroxylation is 3. The minimum atomic E-state index is 0.343. The number of hydrogen-bond acceptors (Lipinski definition) is 2. The summed E-state index contributed by atoms with van der Waals surface area (Å²) in [6.45, 7) is 20.9. The molecule has 1 N–H and O–H groups in total. The number of nitrogens with one attached hydrogen (secondary N) is 1. The predicted octanol–water partition coefficient (Wildman–Crippen LogP) is 10.5. The van der Waals surface area contributed by atoms with E-state index >= 15 is 0 Å². The number of unbranched alkanes of at least 4 members (excludes halogenated alkanes) is 4. The van der Waals surface area contributed by atoms with Crippen LogP contribution in [0.3, 0.4) is 0 Å². The number of carbonyl (C=O) groups is 1. The summed E-state index contributed by atoms with van der Waals surface area (Å²) < 4.78 is 0. The van der Waals surface area contributed by atoms with E-state index in [4.69, 9.17) is 0 Å². The molecule has 0 fully saturated rings. The smallest absolute Gasteiger partial charge is 0.132 e. The average molecular weight is 480 g/mol. The van der Waals surface area contributed by atoms with Crippen molar-refractivity contribution >= 4 is 17.2 Å². The number of rotatable bonds is 12. The Morgan fingerprint density at radius 2 is 1.37 bits per heavy atom. The van der Waals surface area contributed by atoms with E-state index in [1.165, 1.54) is 54.4 Å². The third kappa shape index (κ3) is 14.6. The number of benzene rings is 2. The van der Waals surface area contributed by atoms with Gasteiger partial charge in [-0.2, -0.15) is 0 Å². The third-order valence-electron chi connectivity index (χ3n) is 6.21. The molecule has 0 heterocycles. The molecule has 0 radical (unpaired) electrons. The summed E-state index contributed by atoms with van der Waals surface area (Å²) in [5.41, 5.74) is 6.96. The molecule has 0 aromatic heterocycles. The van der Waals surface area contributed by atoms with Gasteiger partial charge in [0.2, 0.25) is 0 Å². The Kier molecular flexibility index (Phi) is 18.6. The monoisotopic (exact) mass is 479 g/mol. The Hall–Kier alpha value is -2.35. The second-order valence-corrected chi connectivity index (χ2v) is 9.68. The van der Waals surface area contributed by atoms with Crippen molar-refractivity contribution in [1.29, 1.82) is 0 Å². The highest BCUT2D eigenvalue weighted by atomic mass is 16.1. The van der Waals surface area contributed by atoms with Crippen LogP contribution >= 0.6 is 0 Å². The largest absolute Gasteiger partial charge is 0.355 e. The van der Waals surface area contributed by atoms with E-state index in [0.717, 1.165) is 37.1 Å². The highest BCUT2D eigenvalue weighted by Crippen LogP contribution is 2.23. The van der Waals surface area contributed by atoms with Crippen LogP contribution in [0.15, 0.2) is 49.0 Å². The Labute approximate surface area is 217 Å². The lowest BCUT2D eigenvalue weighted by Gasteiger charge is -2.14. The first-order valence-corrected chi connectivity index (χ1v) is 13.8. The predicted molar refractivity (Wildman–Crippen MR) is 158 cm³/mol. The second kappa shape index (κ2) is 19.9. The molecule has 0 saturated carbocycles. The van der Waals surface area contributed by atoms with Crippen LogP contribution in [-0.4, -0.2) is 5.78 Å². The van der Waals surface area contributed by atoms with E-state index in [9.17, 15) is 4.79 Å². The van der Waals surface area contributed by atoms with Gasteiger partial charge in [-0.05, 0) is 63.8 Å². The van der Waals surface area contributed by atoms with Gasteiger partial charge in [0, 0.05) is 22.9 Å². The molecule has 2 heteroatoms. The van der Waals surface area contributed by atoms with Crippen molar-refractivity contribution in [2.75, 3.05) is 5.32 Å². The molecule has 196 valence electrons. The maximum Gasteiger partial charge on any atom is 0.132 e. The van der Waals surface area contributed by atoms with Gasteiger partial charge in [0.05, 0.1) is 0 Å². The highest BCUT2D eigenvalue weighted by Gasteiger charge is 2.10. The molecule has 35 heavy (non-hydrogen) atoms. The van der Waals surface area contributed by atoms with Gasteiger partial charge >= 0.3 is 0 Å². The quantitative estimate of drug-likeness (QED) is 0.307. The van der Waals surface area contributed by atoms with Crippen molar-refractivity contribution in [2.45, 2.75) is 113 Å². The van der Waals surface area contributed by atoms with E-state index < -0.39 is 0 Å². The lowest BCUT2D eigenvalue weighted by atomic mass is 9.95. The van der Waals surface area contributed by atoms with Crippen LogP contribution in [0.4, 0.5) is 5.69 Å². The molecule has 0 atom stereocenters. The van der Waals surface area contributed by atoms with Crippen molar-refractivity contribution in [1.82, 2.24) is 0 Å². The summed E-state index contributed by atoms with van der Waals surface area (Å²) in [5.74, 6) is 0.707. The molecule has 0 aliphatic heterocycles. The van der Waals surface area contributed by atoms with Gasteiger partial charge in [0.1, 0.15) is 5.78 Å². The number of anilines is 1. The fourth-order valence-corrected chi connectivity index (χ4v) is 3.93. The van der Waals surface area contributed by atoms with Crippen LogP contribution in [0.5, 0.6) is 0 Å². The molecule has 2 aromatic carbocycles. The molecule has 2 nitrogen and oxygen atoms in total. The number of carbonyl (C=O) groups excluding carboxylic acids is 1. The second-order valence-electron chi connectivity index (χ2n) is 9.68. The first kappa shape index (κ1) is 32.7. The Morgan fingerprint density at radius 3 is 1.86 bits per heavy atom. The SMILES string of the molecule is C=C(Nc1ccccc1C)c1cc(C)ccc1C.CCCC(CCC)C(C)=O.CCCCCCC. The van der Waals surface area contributed by atoms with Gasteiger partial charge in [0.15, 0.2) is 0 Å². The van der Waals surface area contributed by atoms with Crippen molar-refractivity contribution in [2.24, 2.45) is 5.92 Å². The molecule has 0 aliphatic rings. The highest BCUT2D eigenvalue weighted by molar-refractivity contribution is 5.78. The van der Waals surface area contributed by atoms with E-state index in [1.807, 2.05) is 12.1 Å². The van der Waals surface area contributed by atoms with E-state index in [0.29, 0.717) is 11.7 Å². The number of ketones is 1. The maximum atomic E-state index is 10.9. The molecular formula is C33H53NO. The fourth-order valence-electron chi connectivity index (χ4n) is 3.93. The summed E-state index contributed by atoms with van der Waals surface area (Å²) in [5, 5.41) is 3.40. The minimum Gasteiger partial charge on any atom is -0.355 e. The zero-order valence-electron chi connectivity index (χ0n) is 24.1. The lowest BCUT2D eigenvalue weighted by Crippen LogP contribution is -2.09. The normalized spacial score (nSPS) is 10.1. The van der Waals surface area contributed by atoms with Crippen molar-refractivity contribution in [3.63, 3.8) is 0 Å². The Bertz CT molecular complexity index is 842. The van der Waals surface area contributed by atoms with Gasteiger partial charge in [0.25, 0.3) is 0 Å². The molecule has 2 aromatic rings. The van der Waals surface area contributed by atoms with E-state index in [1.54, 1.807) is 6.92 Å². The summed E-state index contributed by atoms with van der Waals surface area (Å²) in [6, 6.07) is 14.7. The van der Waals surface area contributed by atoms with Crippen LogP contribution in [-0.2, 0) is 4.79 Å². The van der Waals surface area contributed by atoms with E-state index in [-0.39, 0.29) is 0 Å². The van der Waals surface area contributed by atoms with Crippen molar-refractivity contribution in [3.05, 3.63) is 71.3 Å². The van der Waals surface area contributed by atoms with Crippen molar-refractivity contribution in [3.8, 4) is 0 Å². The summed E-state index contributed by atoms with van der Waals surface area (Å²) in [7, 11) is 0. The van der Waals surface area contributed by atoms with Gasteiger partial charge < -0.3 is 5.32 Å². The molecule has 0 bridgehead atoms. The summed E-state index contributed by atoms with van der Waals surface area (Å²) >= 11 is 0. The third-order valence-corrected chi connectivity index (χ3v) is 6.21. The molecule has 0 amide bonds. The van der Waals surface area contributed by atoms with Gasteiger partial charge in [-0.3, -0.25) is 4.79 Å². The number of para-hydroxylation sites is 1. The Morgan fingerprint density at radius 1 is 0.800 bits per heavy atom. The zero-order chi connectivity index (χ0) is 26.6. The minimum absolute atomic E-state index is 0.343. The summed E-state index contributed by atoms with van der Waals surface area (Å²) in [4.78, 5) is 10.9. The molecular weight excluding hydrogens is 426 g/mol. The van der Waals surface area contributed by atoms with E-state index in [2.05, 4.69) is 90.7 Å². The molecule has 0 unspecified atom stereocenters. The molecule has 0 spiro atoms. The fraction of sp³-hybridized carbons (Fsp3) is 0.545. The molecule has 2 rings (SSSR count). The van der Waals surface area contributed by atoms with Gasteiger partial charge in [-0.15, -0.1) is 0 Å². The number of hydrogen-bond donors (Lipinski definition) is 1. The van der Waals surface area contributed by atoms with Crippen LogP contribution in [0.25, 0.3) is 5.70 Å². The standard InChI is InChI=1S/C17H19N.C9H18O.C7H16/c1-12-9-10-13(2)16(11-12)15(4)18-17-8-6-5-7-14(17)3;1-4-6-9(7-5-2)8(3)10;1-3-5-7-6-4-2/h5-11,18H,4H2,1-3H3;9H,4-7H2,1-3H3;3-7H2,1-2H3. The molecule has 0 aliphatic carbocycles. The lowest BCUT2D eigenvalue weighted by molar-refractivity contribution is -0.121. The first-order chi connectivity index (χ1) is 16.7.